The number of thiazole rings is 1. The van der Waals surface area contributed by atoms with E-state index in [1.54, 1.807) is 16.2 Å². The van der Waals surface area contributed by atoms with Gasteiger partial charge in [0.05, 0.1) is 5.69 Å². The number of benzene rings is 1. The van der Waals surface area contributed by atoms with Gasteiger partial charge in [-0.2, -0.15) is 0 Å². The van der Waals surface area contributed by atoms with E-state index in [4.69, 9.17) is 4.98 Å². The molecule has 1 atom stereocenters. The topological polar surface area (TPSA) is 58.1 Å². The van der Waals surface area contributed by atoms with Gasteiger partial charge < -0.3 is 5.32 Å². The van der Waals surface area contributed by atoms with Crippen molar-refractivity contribution in [1.29, 1.82) is 0 Å². The molecule has 1 unspecified atom stereocenters. The first-order valence-electron chi connectivity index (χ1n) is 9.78. The van der Waals surface area contributed by atoms with Crippen molar-refractivity contribution in [2.24, 2.45) is 5.92 Å². The zero-order chi connectivity index (χ0) is 19.1. The second kappa shape index (κ2) is 7.02. The number of pyridine rings is 1. The van der Waals surface area contributed by atoms with Gasteiger partial charge in [0.15, 0.2) is 5.13 Å². The smallest absolute Gasteiger partial charge is 0.231 e. The van der Waals surface area contributed by atoms with E-state index in [0.29, 0.717) is 6.04 Å². The fraction of sp³-hybridized carbons (Fsp3) is 0.318. The number of amides is 1. The molecule has 1 aliphatic heterocycles. The maximum absolute atomic E-state index is 12.3. The third-order valence-corrected chi connectivity index (χ3v) is 6.19. The molecular weight excluding hydrogens is 368 g/mol. The van der Waals surface area contributed by atoms with Gasteiger partial charge in [0.25, 0.3) is 0 Å². The Hall–Kier alpha value is -2.73. The lowest BCUT2D eigenvalue weighted by molar-refractivity contribution is -0.119. The summed E-state index contributed by atoms with van der Waals surface area (Å²) in [5.41, 5.74) is 4.22. The molecule has 1 amide bonds. The van der Waals surface area contributed by atoms with Crippen LogP contribution in [0.25, 0.3) is 22.4 Å². The number of nitrogens with zero attached hydrogens (tertiary/aromatic N) is 3. The average Bonchev–Trinajstić information content (AvgIpc) is 3.31. The predicted molar refractivity (Wildman–Crippen MR) is 114 cm³/mol. The van der Waals surface area contributed by atoms with Crippen LogP contribution in [-0.4, -0.2) is 28.5 Å². The first kappa shape index (κ1) is 17.4. The van der Waals surface area contributed by atoms with Crippen LogP contribution in [0.5, 0.6) is 0 Å². The molecule has 2 fully saturated rings. The molecule has 142 valence electrons. The molecule has 5 rings (SSSR count). The highest BCUT2D eigenvalue weighted by atomic mass is 32.1. The highest BCUT2D eigenvalue weighted by Gasteiger charge is 2.29. The highest BCUT2D eigenvalue weighted by Crippen LogP contribution is 2.35. The van der Waals surface area contributed by atoms with Crippen LogP contribution in [-0.2, 0) is 4.79 Å². The zero-order valence-corrected chi connectivity index (χ0v) is 16.6. The molecule has 0 radical (unpaired) electrons. The molecule has 2 aromatic heterocycles. The number of anilines is 2. The Kier molecular flexibility index (Phi) is 4.36. The first-order chi connectivity index (χ1) is 13.7. The van der Waals surface area contributed by atoms with Gasteiger partial charge in [-0.25, -0.2) is 9.97 Å². The van der Waals surface area contributed by atoms with Crippen LogP contribution in [0.4, 0.5) is 10.9 Å². The molecule has 28 heavy (non-hydrogen) atoms. The summed E-state index contributed by atoms with van der Waals surface area (Å²) in [5.74, 6) is 0.990. The monoisotopic (exact) mass is 390 g/mol. The fourth-order valence-corrected chi connectivity index (χ4v) is 4.37. The summed E-state index contributed by atoms with van der Waals surface area (Å²) in [7, 11) is 0. The van der Waals surface area contributed by atoms with Gasteiger partial charge in [-0.05, 0) is 37.0 Å². The van der Waals surface area contributed by atoms with Crippen molar-refractivity contribution in [3.05, 3.63) is 48.0 Å². The number of carbonyl (C=O) groups excluding carboxylic acids is 1. The minimum absolute atomic E-state index is 0.0883. The predicted octanol–water partition coefficient (Wildman–Crippen LogP) is 4.82. The molecule has 5 nitrogen and oxygen atoms in total. The molecular formula is C22H22N4OS. The third kappa shape index (κ3) is 3.29. The van der Waals surface area contributed by atoms with Gasteiger partial charge in [-0.1, -0.05) is 31.2 Å². The minimum atomic E-state index is 0.0883. The van der Waals surface area contributed by atoms with Gasteiger partial charge in [-0.15, -0.1) is 11.3 Å². The number of aromatic nitrogens is 2. The summed E-state index contributed by atoms with van der Waals surface area (Å²) in [6, 6.07) is 12.9. The lowest BCUT2D eigenvalue weighted by atomic mass is 9.99. The maximum Gasteiger partial charge on any atom is 0.231 e. The van der Waals surface area contributed by atoms with E-state index in [9.17, 15) is 4.79 Å². The summed E-state index contributed by atoms with van der Waals surface area (Å²) in [6.07, 6.45) is 5.23. The van der Waals surface area contributed by atoms with E-state index >= 15 is 0 Å². The van der Waals surface area contributed by atoms with Gasteiger partial charge in [0, 0.05) is 41.2 Å². The van der Waals surface area contributed by atoms with Crippen molar-refractivity contribution in [1.82, 2.24) is 9.97 Å². The molecule has 2 aliphatic rings. The van der Waals surface area contributed by atoms with E-state index in [1.807, 2.05) is 37.4 Å². The maximum atomic E-state index is 12.3. The molecule has 1 aromatic carbocycles. The second-order valence-corrected chi connectivity index (χ2v) is 8.44. The van der Waals surface area contributed by atoms with E-state index < -0.39 is 0 Å². The second-order valence-electron chi connectivity index (χ2n) is 7.59. The number of hydrogen-bond donors (Lipinski definition) is 1. The van der Waals surface area contributed by atoms with E-state index in [1.165, 1.54) is 12.8 Å². The quantitative estimate of drug-likeness (QED) is 0.679. The van der Waals surface area contributed by atoms with Crippen molar-refractivity contribution in [3.8, 4) is 22.4 Å². The normalized spacial score (nSPS) is 19.2. The zero-order valence-electron chi connectivity index (χ0n) is 15.8. The van der Waals surface area contributed by atoms with Crippen molar-refractivity contribution < 1.29 is 4.79 Å². The van der Waals surface area contributed by atoms with Crippen LogP contribution in [0.15, 0.2) is 48.0 Å². The van der Waals surface area contributed by atoms with Crippen molar-refractivity contribution in [2.45, 2.75) is 32.2 Å². The molecule has 1 N–H and O–H groups in total. The largest absolute Gasteiger partial charge is 0.359 e. The lowest BCUT2D eigenvalue weighted by Gasteiger charge is -2.15. The van der Waals surface area contributed by atoms with Crippen LogP contribution >= 0.6 is 11.3 Å². The molecule has 3 aromatic rings. The lowest BCUT2D eigenvalue weighted by Crippen LogP contribution is -2.26. The third-order valence-electron chi connectivity index (χ3n) is 5.42. The van der Waals surface area contributed by atoms with Crippen LogP contribution in [0, 0.1) is 5.92 Å². The summed E-state index contributed by atoms with van der Waals surface area (Å²) < 4.78 is 0. The van der Waals surface area contributed by atoms with Gasteiger partial charge >= 0.3 is 0 Å². The Morgan fingerprint density at radius 1 is 1.11 bits per heavy atom. The Morgan fingerprint density at radius 2 is 1.93 bits per heavy atom. The van der Waals surface area contributed by atoms with Gasteiger partial charge in [-0.3, -0.25) is 9.69 Å². The van der Waals surface area contributed by atoms with Crippen molar-refractivity contribution in [2.75, 3.05) is 16.8 Å². The summed E-state index contributed by atoms with van der Waals surface area (Å²) in [4.78, 5) is 23.4. The molecule has 0 spiro atoms. The Balaban J connectivity index is 1.43. The number of carbonyl (C=O) groups is 1. The average molecular weight is 391 g/mol. The summed E-state index contributed by atoms with van der Waals surface area (Å²) in [5, 5.41) is 6.56. The number of hydrogen-bond acceptors (Lipinski definition) is 5. The standard InChI is InChI=1S/C22H22N4OS/c1-14-10-11-26(21(14)27)20-9-6-15(12-23-20)17-4-2-3-5-18(17)19-13-28-22(25-19)24-16-7-8-16/h2-6,9,12-14,16H,7-8,10-11H2,1H3,(H,24,25). The Morgan fingerprint density at radius 3 is 2.61 bits per heavy atom. The molecule has 3 heterocycles. The minimum Gasteiger partial charge on any atom is -0.359 e. The van der Waals surface area contributed by atoms with E-state index in [0.717, 1.165) is 46.3 Å². The molecule has 0 bridgehead atoms. The first-order valence-corrected chi connectivity index (χ1v) is 10.7. The van der Waals surface area contributed by atoms with E-state index in [-0.39, 0.29) is 11.8 Å². The molecule has 1 aliphatic carbocycles. The van der Waals surface area contributed by atoms with Crippen LogP contribution < -0.4 is 10.2 Å². The van der Waals surface area contributed by atoms with Gasteiger partial charge in [0.1, 0.15) is 5.82 Å². The molecule has 1 saturated carbocycles. The van der Waals surface area contributed by atoms with Crippen LogP contribution in [0.1, 0.15) is 26.2 Å². The van der Waals surface area contributed by atoms with Crippen molar-refractivity contribution >= 4 is 28.2 Å². The summed E-state index contributed by atoms with van der Waals surface area (Å²) in [6.45, 7) is 2.73. The SMILES string of the molecule is CC1CCN(c2ccc(-c3ccccc3-c3csc(NC4CC4)n3)cn2)C1=O. The van der Waals surface area contributed by atoms with Crippen LogP contribution in [0.3, 0.4) is 0 Å². The van der Waals surface area contributed by atoms with Crippen molar-refractivity contribution in [3.63, 3.8) is 0 Å². The number of rotatable bonds is 5. The van der Waals surface area contributed by atoms with Gasteiger partial charge in [0.2, 0.25) is 5.91 Å². The molecule has 1 saturated heterocycles. The number of nitrogens with one attached hydrogen (secondary N) is 1. The summed E-state index contributed by atoms with van der Waals surface area (Å²) >= 11 is 1.65. The van der Waals surface area contributed by atoms with E-state index in [2.05, 4.69) is 27.8 Å². The Labute approximate surface area is 168 Å². The highest BCUT2D eigenvalue weighted by molar-refractivity contribution is 7.14. The fourth-order valence-electron chi connectivity index (χ4n) is 3.58. The Bertz CT molecular complexity index is 1010. The van der Waals surface area contributed by atoms with Crippen LogP contribution in [0.2, 0.25) is 0 Å². The molecule has 6 heteroatoms.